The SMILES string of the molecule is Brc1ccc(Br)c2nc(-c3cccs3)c(-c3cccs3)nc12.Brc1cnc(Br)c2nc(-c3cccs3)c(-c3cccs3)nc12.CCCCCCc1csc(-c2sc(B3OC(C)(C)C(C)(C)O3)cc2CCCCCC)c1.CCCCCCc1csc(B2OC(C)(C)C(C)(C)O2)c1.COc1ccc(-c2nc3c(Br)ccc(Br)c3nc2-c2ccc(OC)cc2)cc1.Clc1cnc(Cl)cn1. The molecular formula is C99H101B2Br6Cl2N9O6S7. The molecule has 2 fully saturated rings. The molecule has 2 aliphatic heterocycles. The zero-order valence-corrected chi connectivity index (χ0v) is 91.8. The molecule has 12 aromatic heterocycles. The van der Waals surface area contributed by atoms with Gasteiger partial charge >= 0.3 is 14.2 Å². The van der Waals surface area contributed by atoms with Crippen molar-refractivity contribution in [2.75, 3.05) is 14.2 Å². The van der Waals surface area contributed by atoms with Crippen molar-refractivity contribution in [2.45, 2.75) is 195 Å². The summed E-state index contributed by atoms with van der Waals surface area (Å²) in [6, 6.07) is 47.1. The molecular weight excluding hydrogens is 2210 g/mol. The number of benzene rings is 4. The number of methoxy groups -OCH3 is 2. The topological polar surface area (TPSA) is 171 Å². The first-order chi connectivity index (χ1) is 63.0. The van der Waals surface area contributed by atoms with Gasteiger partial charge in [0, 0.05) is 54.5 Å². The Kier molecular flexibility index (Phi) is 37.5. The molecule has 0 atom stereocenters. The molecule has 0 saturated carbocycles. The quantitative estimate of drug-likeness (QED) is 0.0285. The molecule has 18 rings (SSSR count). The van der Waals surface area contributed by atoms with Gasteiger partial charge in [0.05, 0.1) is 84.4 Å². The number of nitrogens with zero attached hydrogens (tertiary/aromatic N) is 9. The Hall–Kier alpha value is -5.94. The highest BCUT2D eigenvalue weighted by atomic mass is 79.9. The fourth-order valence-corrected chi connectivity index (χ4v) is 22.7. The van der Waals surface area contributed by atoms with E-state index in [1.165, 1.54) is 138 Å². The van der Waals surface area contributed by atoms with Crippen molar-refractivity contribution in [3.05, 3.63) is 244 Å². The summed E-state index contributed by atoms with van der Waals surface area (Å²) in [7, 11) is 2.85. The van der Waals surface area contributed by atoms with Crippen LogP contribution in [-0.2, 0) is 37.9 Å². The first-order valence-electron chi connectivity index (χ1n) is 43.4. The van der Waals surface area contributed by atoms with Gasteiger partial charge in [-0.3, -0.25) is 0 Å². The van der Waals surface area contributed by atoms with E-state index in [4.69, 9.17) is 81.2 Å². The maximum atomic E-state index is 6.37. The Morgan fingerprint density at radius 2 is 0.702 bits per heavy atom. The number of aryl methyl sites for hydroxylation is 3. The molecule has 0 spiro atoms. The standard InChI is InChI=1S/C26H41BO2S2.C22H16Br2N2O2.C16H27BO2S.C16H8Br2N2S2.C15H7Br2N3S2.C4H2Cl2N2/c1-7-9-11-13-15-20-17-22(30-19-20)24-21(16-14-12-10-8-2)18-23(31-24)27-28-25(3,4)26(5,6)29-27;1-27-15-7-3-13(4-8-15)19-20(14-5-9-16(28-2)10-6-14)26-22-18(24)12-11-17(23)21(22)25-19;1-6-7-8-9-10-13-11-14(20-12-13)17-18-15(2,3)16(4,5)19-17;17-9-5-6-10(18)14-13(9)19-15(11-3-1-7-21-11)16(20-14)12-4-2-8-22-12;16-8-7-18-15(17)14-11(8)19-12(9-3-1-5-21-9)13(20-14)10-4-2-6-22-10;5-3-1-7-4(6)2-8-3/h17-19H,7-16H2,1-6H3;3-12H,1-2H3;11-12H,6-10H2,1-5H3;1-8H;1-7H;1-2H. The number of hydrogen-bond acceptors (Lipinski definition) is 22. The molecule has 0 radical (unpaired) electrons. The number of halogens is 8. The van der Waals surface area contributed by atoms with Crippen LogP contribution in [0.3, 0.4) is 0 Å². The van der Waals surface area contributed by atoms with E-state index in [1.54, 1.807) is 77.1 Å². The minimum Gasteiger partial charge on any atom is -0.497 e. The fraction of sp³-hybridized carbons (Fsp3) is 0.323. The van der Waals surface area contributed by atoms with Crippen LogP contribution < -0.4 is 19.0 Å². The van der Waals surface area contributed by atoms with Gasteiger partial charge in [-0.25, -0.2) is 44.9 Å². The number of fused-ring (bicyclic) bond motifs is 3. The molecule has 0 amide bonds. The van der Waals surface area contributed by atoms with Crippen LogP contribution in [0.25, 0.3) is 108 Å². The van der Waals surface area contributed by atoms with E-state index in [1.807, 2.05) is 125 Å². The summed E-state index contributed by atoms with van der Waals surface area (Å²) in [6.45, 7) is 23.8. The van der Waals surface area contributed by atoms with Gasteiger partial charge < -0.3 is 28.1 Å². The third kappa shape index (κ3) is 26.3. The summed E-state index contributed by atoms with van der Waals surface area (Å²) in [5.74, 6) is 1.60. The first-order valence-corrected chi connectivity index (χ1v) is 55.0. The summed E-state index contributed by atoms with van der Waals surface area (Å²) in [5.41, 5.74) is 15.5. The molecule has 0 aliphatic carbocycles. The van der Waals surface area contributed by atoms with Gasteiger partial charge in [0.2, 0.25) is 0 Å². The molecule has 0 unspecified atom stereocenters. The van der Waals surface area contributed by atoms with E-state index in [0.29, 0.717) is 14.9 Å². The van der Waals surface area contributed by atoms with Crippen LogP contribution in [0, 0.1) is 0 Å². The molecule has 32 heteroatoms. The van der Waals surface area contributed by atoms with Crippen LogP contribution in [0.1, 0.15) is 170 Å². The molecule has 16 aromatic rings. The second kappa shape index (κ2) is 47.9. The fourth-order valence-electron chi connectivity index (χ4n) is 14.1. The smallest absolute Gasteiger partial charge is 0.497 e. The Morgan fingerprint density at radius 3 is 1.07 bits per heavy atom. The molecule has 0 bridgehead atoms. The molecule has 0 N–H and O–H groups in total. The Balaban J connectivity index is 0.000000137. The van der Waals surface area contributed by atoms with Gasteiger partial charge in [-0.15, -0.1) is 68.0 Å². The van der Waals surface area contributed by atoms with Crippen LogP contribution in [0.5, 0.6) is 11.5 Å². The van der Waals surface area contributed by atoms with Crippen molar-refractivity contribution in [2.24, 2.45) is 0 Å². The van der Waals surface area contributed by atoms with Gasteiger partial charge in [0.15, 0.2) is 0 Å². The molecule has 682 valence electrons. The molecule has 2 aliphatic rings. The lowest BCUT2D eigenvalue weighted by Gasteiger charge is -2.32. The van der Waals surface area contributed by atoms with Gasteiger partial charge in [0.1, 0.15) is 82.3 Å². The lowest BCUT2D eigenvalue weighted by atomic mass is 9.87. The third-order valence-corrected chi connectivity index (χ3v) is 33.7. The molecule has 2 saturated heterocycles. The summed E-state index contributed by atoms with van der Waals surface area (Å²) in [6.07, 6.45) is 23.8. The Bertz CT molecular complexity index is 5940. The summed E-state index contributed by atoms with van der Waals surface area (Å²) >= 11 is 44.4. The van der Waals surface area contributed by atoms with E-state index in [-0.39, 0.29) is 36.6 Å². The van der Waals surface area contributed by atoms with E-state index < -0.39 is 0 Å². The summed E-state index contributed by atoms with van der Waals surface area (Å²) in [5, 5.41) is 13.6. The van der Waals surface area contributed by atoms with Crippen molar-refractivity contribution in [1.82, 2.24) is 44.9 Å². The molecule has 131 heavy (non-hydrogen) atoms. The number of ether oxygens (including phenoxy) is 2. The number of hydrogen-bond donors (Lipinski definition) is 0. The third-order valence-electron chi connectivity index (χ3n) is 22.7. The zero-order valence-electron chi connectivity index (χ0n) is 75.1. The van der Waals surface area contributed by atoms with Crippen molar-refractivity contribution in [3.63, 3.8) is 0 Å². The van der Waals surface area contributed by atoms with E-state index in [2.05, 4.69) is 256 Å². The number of rotatable bonds is 26. The van der Waals surface area contributed by atoms with Gasteiger partial charge in [-0.1, -0.05) is 126 Å². The number of unbranched alkanes of at least 4 members (excludes halogenated alkanes) is 9. The predicted molar refractivity (Wildman–Crippen MR) is 579 cm³/mol. The average molecular weight is 2310 g/mol. The van der Waals surface area contributed by atoms with Gasteiger partial charge in [0.25, 0.3) is 0 Å². The van der Waals surface area contributed by atoms with Crippen LogP contribution in [0.15, 0.2) is 217 Å². The maximum Gasteiger partial charge on any atom is 0.505 e. The van der Waals surface area contributed by atoms with Crippen LogP contribution in [-0.4, -0.2) is 95.7 Å². The van der Waals surface area contributed by atoms with Crippen LogP contribution >= 0.6 is 198 Å². The predicted octanol–water partition coefficient (Wildman–Crippen LogP) is 33.1. The minimum absolute atomic E-state index is 0.200. The monoisotopic (exact) mass is 2300 g/mol. The van der Waals surface area contributed by atoms with E-state index in [9.17, 15) is 0 Å². The van der Waals surface area contributed by atoms with Gasteiger partial charge in [-0.2, -0.15) is 11.3 Å². The number of thiophene rings is 7. The molecule has 15 nitrogen and oxygen atoms in total. The van der Waals surface area contributed by atoms with Crippen LogP contribution in [0.2, 0.25) is 10.3 Å². The highest BCUT2D eigenvalue weighted by molar-refractivity contribution is 9.11. The molecule has 4 aromatic carbocycles. The molecule has 14 heterocycles. The average Bonchev–Trinajstić information content (AvgIpc) is 1.75. The van der Waals surface area contributed by atoms with E-state index in [0.717, 1.165) is 138 Å². The van der Waals surface area contributed by atoms with Crippen molar-refractivity contribution >= 4 is 255 Å². The summed E-state index contributed by atoms with van der Waals surface area (Å²) in [4.78, 5) is 48.4. The zero-order chi connectivity index (χ0) is 93.2. The lowest BCUT2D eigenvalue weighted by Crippen LogP contribution is -2.41. The van der Waals surface area contributed by atoms with Gasteiger partial charge in [-0.05, 0) is 354 Å². The maximum absolute atomic E-state index is 6.37. The number of aromatic nitrogens is 9. The lowest BCUT2D eigenvalue weighted by molar-refractivity contribution is 0.00578. The normalized spacial score (nSPS) is 13.9. The largest absolute Gasteiger partial charge is 0.505 e. The van der Waals surface area contributed by atoms with E-state index >= 15 is 0 Å². The minimum atomic E-state index is -0.294. The Morgan fingerprint density at radius 1 is 0.351 bits per heavy atom. The summed E-state index contributed by atoms with van der Waals surface area (Å²) < 4.78 is 43.2. The van der Waals surface area contributed by atoms with Crippen LogP contribution in [0.4, 0.5) is 0 Å². The Labute approximate surface area is 858 Å². The second-order valence-corrected chi connectivity index (χ2v) is 45.7. The van der Waals surface area contributed by atoms with Crippen molar-refractivity contribution in [3.8, 4) is 86.1 Å². The first kappa shape index (κ1) is 102. The highest BCUT2D eigenvalue weighted by Crippen LogP contribution is 2.45. The van der Waals surface area contributed by atoms with Crippen molar-refractivity contribution < 1.29 is 28.1 Å². The van der Waals surface area contributed by atoms with Crippen molar-refractivity contribution in [1.29, 1.82) is 0 Å². The highest BCUT2D eigenvalue weighted by Gasteiger charge is 2.53. The second-order valence-electron chi connectivity index (χ2n) is 33.1. The number of pyridine rings is 1.